The zero-order chi connectivity index (χ0) is 31.4. The Bertz CT molecular complexity index is 1070. The molecule has 8 rings (SSSR count). The number of rotatable bonds is 0. The predicted molar refractivity (Wildman–Crippen MR) is 188 cm³/mol. The number of hydrogen-bond acceptors (Lipinski definition) is 4. The van der Waals surface area contributed by atoms with Crippen LogP contribution in [0.4, 0.5) is 0 Å². The van der Waals surface area contributed by atoms with Gasteiger partial charge in [-0.1, -0.05) is 67.0 Å². The molecule has 0 aromatic carbocycles. The van der Waals surface area contributed by atoms with Crippen molar-refractivity contribution in [2.24, 2.45) is 69.0 Å². The van der Waals surface area contributed by atoms with Crippen LogP contribution in [0.2, 0.25) is 0 Å². The summed E-state index contributed by atoms with van der Waals surface area (Å²) < 4.78 is 0. The number of carbonyl (C=O) groups is 2. The van der Waals surface area contributed by atoms with Crippen LogP contribution in [0.15, 0.2) is 0 Å². The van der Waals surface area contributed by atoms with Crippen LogP contribution in [0.1, 0.15) is 138 Å². The maximum atomic E-state index is 12.7. The van der Waals surface area contributed by atoms with Gasteiger partial charge in [0, 0.05) is 10.8 Å². The summed E-state index contributed by atoms with van der Waals surface area (Å²) in [5, 5.41) is 20.1. The number of halogens is 2. The van der Waals surface area contributed by atoms with Crippen molar-refractivity contribution in [3.8, 4) is 0 Å². The van der Waals surface area contributed by atoms with Gasteiger partial charge in [0.15, 0.2) is 11.6 Å². The van der Waals surface area contributed by atoms with Gasteiger partial charge in [0.1, 0.15) is 0 Å². The molecule has 0 amide bonds. The Kier molecular flexibility index (Phi) is 9.52. The first kappa shape index (κ1) is 35.1. The molecule has 8 aliphatic rings. The fraction of sp³-hybridized carbons (Fsp3) is 0.949. The smallest absolute Gasteiger partial charge is 0.152 e. The summed E-state index contributed by atoms with van der Waals surface area (Å²) in [6.07, 6.45) is 18.1. The van der Waals surface area contributed by atoms with Crippen LogP contribution >= 0.6 is 31.9 Å². The number of Topliss-reactive ketones (excluding diaryl/α,β-unsaturated/α-hetero) is 2. The van der Waals surface area contributed by atoms with E-state index >= 15 is 0 Å². The highest BCUT2D eigenvalue weighted by Crippen LogP contribution is 2.67. The van der Waals surface area contributed by atoms with Crippen LogP contribution in [0.25, 0.3) is 0 Å². The van der Waals surface area contributed by atoms with E-state index in [1.807, 2.05) is 0 Å². The zero-order valence-corrected chi connectivity index (χ0v) is 30.9. The van der Waals surface area contributed by atoms with E-state index in [0.717, 1.165) is 75.0 Å². The number of alkyl halides is 2. The van der Waals surface area contributed by atoms with Crippen molar-refractivity contribution in [1.29, 1.82) is 0 Å². The van der Waals surface area contributed by atoms with E-state index < -0.39 is 0 Å². The molecule has 0 aliphatic heterocycles. The molecule has 6 heteroatoms. The lowest BCUT2D eigenvalue weighted by Crippen LogP contribution is -2.54. The summed E-state index contributed by atoms with van der Waals surface area (Å²) in [5.74, 6) is 6.58. The molecule has 8 fully saturated rings. The minimum atomic E-state index is -0.0662. The second kappa shape index (κ2) is 12.2. The van der Waals surface area contributed by atoms with Gasteiger partial charge < -0.3 is 10.2 Å². The monoisotopic (exact) mass is 752 g/mol. The Labute approximate surface area is 290 Å². The number of carbonyl (C=O) groups excluding carboxylic acids is 2. The fourth-order valence-corrected chi connectivity index (χ4v) is 15.8. The summed E-state index contributed by atoms with van der Waals surface area (Å²) in [7, 11) is 0. The molecule has 0 bridgehead atoms. The average molecular weight is 755 g/mol. The van der Waals surface area contributed by atoms with E-state index in [1.54, 1.807) is 0 Å². The van der Waals surface area contributed by atoms with Gasteiger partial charge in [0.05, 0.1) is 21.9 Å². The van der Waals surface area contributed by atoms with E-state index in [1.165, 1.54) is 51.4 Å². The van der Waals surface area contributed by atoms with Crippen molar-refractivity contribution in [2.45, 2.75) is 160 Å². The molecule has 16 atom stereocenters. The lowest BCUT2D eigenvalue weighted by Gasteiger charge is -2.60. The van der Waals surface area contributed by atoms with Crippen LogP contribution in [0, 0.1) is 69.0 Å². The molecule has 2 N–H and O–H groups in total. The highest BCUT2D eigenvalue weighted by atomic mass is 79.9. The minimum absolute atomic E-state index is 0. The maximum absolute atomic E-state index is 12.7. The third kappa shape index (κ3) is 5.28. The largest absolute Gasteiger partial charge is 0.393 e. The van der Waals surface area contributed by atoms with Crippen molar-refractivity contribution < 1.29 is 19.8 Å². The first-order chi connectivity index (χ1) is 20.7. The van der Waals surface area contributed by atoms with Crippen molar-refractivity contribution in [2.75, 3.05) is 0 Å². The minimum Gasteiger partial charge on any atom is -0.393 e. The number of ketones is 2. The quantitative estimate of drug-likeness (QED) is 0.242. The van der Waals surface area contributed by atoms with Gasteiger partial charge in [-0.2, -0.15) is 0 Å². The number of aliphatic hydroxyl groups excluding tert-OH is 2. The fourth-order valence-electron chi connectivity index (χ4n) is 14.0. The molecule has 4 nitrogen and oxygen atoms in total. The molecule has 0 radical (unpaired) electrons. The Morgan fingerprint density at radius 1 is 0.533 bits per heavy atom. The molecule has 0 aromatic rings. The lowest BCUT2D eigenvalue weighted by atomic mass is 9.45. The first-order valence-corrected chi connectivity index (χ1v) is 20.3. The van der Waals surface area contributed by atoms with Crippen molar-refractivity contribution in [1.82, 2.24) is 0 Å². The Hall–Kier alpha value is 0.220. The number of hydrogen-bond donors (Lipinski definition) is 2. The summed E-state index contributed by atoms with van der Waals surface area (Å²) in [5.41, 5.74) is 0.702. The molecular weight excluding hydrogens is 692 g/mol. The molecule has 45 heavy (non-hydrogen) atoms. The van der Waals surface area contributed by atoms with Gasteiger partial charge in [-0.05, 0) is 161 Å². The number of fused-ring (bicyclic) bond motifs is 10. The van der Waals surface area contributed by atoms with E-state index in [-0.39, 0.29) is 40.1 Å². The molecule has 0 spiro atoms. The molecule has 8 saturated carbocycles. The Morgan fingerprint density at radius 3 is 1.29 bits per heavy atom. The molecule has 0 heterocycles. The lowest BCUT2D eigenvalue weighted by molar-refractivity contribution is -0.142. The van der Waals surface area contributed by atoms with Crippen molar-refractivity contribution >= 4 is 43.4 Å². The van der Waals surface area contributed by atoms with E-state index in [9.17, 15) is 19.8 Å². The third-order valence-electron chi connectivity index (χ3n) is 16.7. The summed E-state index contributed by atoms with van der Waals surface area (Å²) in [6.45, 7) is 9.50. The second-order valence-electron chi connectivity index (χ2n) is 18.2. The molecule has 0 unspecified atom stereocenters. The Morgan fingerprint density at radius 2 is 0.911 bits per heavy atom. The van der Waals surface area contributed by atoms with Gasteiger partial charge in [-0.25, -0.2) is 0 Å². The van der Waals surface area contributed by atoms with E-state index in [2.05, 4.69) is 59.6 Å². The highest BCUT2D eigenvalue weighted by molar-refractivity contribution is 9.10. The summed E-state index contributed by atoms with van der Waals surface area (Å²) >= 11 is 7.31. The van der Waals surface area contributed by atoms with Gasteiger partial charge in [0.25, 0.3) is 0 Å². The van der Waals surface area contributed by atoms with Crippen LogP contribution in [-0.4, -0.2) is 43.6 Å². The maximum Gasteiger partial charge on any atom is 0.152 e. The molecule has 0 saturated heterocycles. The normalized spacial score (nSPS) is 56.6. The van der Waals surface area contributed by atoms with Crippen LogP contribution < -0.4 is 0 Å². The van der Waals surface area contributed by atoms with E-state index in [4.69, 9.17) is 0 Å². The molecular formula is C39H62Br2O4. The van der Waals surface area contributed by atoms with E-state index in [0.29, 0.717) is 46.1 Å². The molecule has 256 valence electrons. The number of aliphatic hydroxyl groups is 2. The topological polar surface area (TPSA) is 74.6 Å². The summed E-state index contributed by atoms with van der Waals surface area (Å²) in [6, 6.07) is 0. The highest BCUT2D eigenvalue weighted by Gasteiger charge is 2.63. The standard InChI is InChI=1S/2C19H29BrO2.CH4/c2*1-18-7-5-12(21)9-11(18)3-4-13-14(18)6-8-19(2)15(13)10-16(20)17(19)22;/h2*11-16,21H,3-10H2,1-2H3;1H4/t2*11-,12-,13+,14-,15-,16+,18-,19-;/m00./s1. The molecule has 0 aromatic heterocycles. The third-order valence-corrected chi connectivity index (χ3v) is 18.3. The van der Waals surface area contributed by atoms with Crippen LogP contribution in [0.3, 0.4) is 0 Å². The van der Waals surface area contributed by atoms with Crippen molar-refractivity contribution in [3.05, 3.63) is 0 Å². The molecule has 8 aliphatic carbocycles. The van der Waals surface area contributed by atoms with Gasteiger partial charge in [-0.3, -0.25) is 9.59 Å². The second-order valence-corrected chi connectivity index (χ2v) is 20.4. The zero-order valence-electron chi connectivity index (χ0n) is 27.7. The average Bonchev–Trinajstić information content (AvgIpc) is 3.37. The predicted octanol–water partition coefficient (Wildman–Crippen LogP) is 9.30. The Balaban J connectivity index is 0.000000155. The van der Waals surface area contributed by atoms with Gasteiger partial charge >= 0.3 is 0 Å². The van der Waals surface area contributed by atoms with Crippen LogP contribution in [-0.2, 0) is 9.59 Å². The SMILES string of the molecule is C.C[C@]12CC[C@H](O)C[C@@H]1CC[C@@H]1[C@@H]2CC[C@]2(C)C(=O)[C@H](Br)C[C@@H]12.C[C@]12CC[C@H](O)C[C@@H]1CC[C@@H]1[C@@H]2CC[C@]2(C)C(=O)[C@H](Br)C[C@@H]12. The van der Waals surface area contributed by atoms with Crippen molar-refractivity contribution in [3.63, 3.8) is 0 Å². The first-order valence-electron chi connectivity index (χ1n) is 18.5. The van der Waals surface area contributed by atoms with Gasteiger partial charge in [0.2, 0.25) is 0 Å². The van der Waals surface area contributed by atoms with Crippen LogP contribution in [0.5, 0.6) is 0 Å². The summed E-state index contributed by atoms with van der Waals surface area (Å²) in [4.78, 5) is 25.5. The van der Waals surface area contributed by atoms with Gasteiger partial charge in [-0.15, -0.1) is 0 Å².